The van der Waals surface area contributed by atoms with Crippen molar-refractivity contribution in [3.8, 4) is 11.5 Å². The van der Waals surface area contributed by atoms with Gasteiger partial charge in [0.1, 0.15) is 11.5 Å². The maximum atomic E-state index is 5.62. The molecule has 1 heterocycles. The molecule has 2 aromatic rings. The third kappa shape index (κ3) is 3.25. The fourth-order valence-electron chi connectivity index (χ4n) is 3.21. The minimum atomic E-state index is 0.902. The molecule has 1 aliphatic heterocycles. The van der Waals surface area contributed by atoms with Crippen LogP contribution in [0.4, 0.5) is 0 Å². The van der Waals surface area contributed by atoms with Crippen LogP contribution in [0.25, 0.3) is 5.57 Å². The summed E-state index contributed by atoms with van der Waals surface area (Å²) < 4.78 is 11.2. The fraction of sp³-hybridized carbons (Fsp3) is 0.300. The average molecular weight is 309 g/mol. The maximum Gasteiger partial charge on any atom is 0.126 e. The monoisotopic (exact) mass is 309 g/mol. The second kappa shape index (κ2) is 7.34. The van der Waals surface area contributed by atoms with Crippen molar-refractivity contribution in [2.45, 2.75) is 12.8 Å². The van der Waals surface area contributed by atoms with Gasteiger partial charge in [-0.05, 0) is 43.6 Å². The Morgan fingerprint density at radius 3 is 1.74 bits per heavy atom. The minimum Gasteiger partial charge on any atom is -0.496 e. The molecule has 23 heavy (non-hydrogen) atoms. The van der Waals surface area contributed by atoms with Crippen molar-refractivity contribution in [3.63, 3.8) is 0 Å². The van der Waals surface area contributed by atoms with E-state index < -0.39 is 0 Å². The minimum absolute atomic E-state index is 0.902. The summed E-state index contributed by atoms with van der Waals surface area (Å²) in [5.41, 5.74) is 4.98. The summed E-state index contributed by atoms with van der Waals surface area (Å²) in [5, 5.41) is 3.43. The smallest absolute Gasteiger partial charge is 0.126 e. The van der Waals surface area contributed by atoms with Gasteiger partial charge in [0.2, 0.25) is 0 Å². The van der Waals surface area contributed by atoms with Crippen molar-refractivity contribution in [1.29, 1.82) is 0 Å². The van der Waals surface area contributed by atoms with E-state index in [-0.39, 0.29) is 0 Å². The summed E-state index contributed by atoms with van der Waals surface area (Å²) in [5.74, 6) is 1.80. The first-order chi connectivity index (χ1) is 11.3. The van der Waals surface area contributed by atoms with Gasteiger partial charge in [0.05, 0.1) is 14.2 Å². The number of methoxy groups -OCH3 is 2. The molecule has 0 bridgehead atoms. The number of piperidine rings is 1. The fourth-order valence-corrected chi connectivity index (χ4v) is 3.21. The van der Waals surface area contributed by atoms with Crippen molar-refractivity contribution in [3.05, 3.63) is 65.2 Å². The molecule has 0 aliphatic carbocycles. The molecular formula is C20H23NO2. The second-order valence-corrected chi connectivity index (χ2v) is 5.63. The molecule has 0 atom stereocenters. The van der Waals surface area contributed by atoms with Gasteiger partial charge in [0.25, 0.3) is 0 Å². The molecule has 0 saturated carbocycles. The van der Waals surface area contributed by atoms with Gasteiger partial charge in [-0.3, -0.25) is 0 Å². The summed E-state index contributed by atoms with van der Waals surface area (Å²) in [6.45, 7) is 2.03. The Balaban J connectivity index is 2.23. The molecular weight excluding hydrogens is 286 g/mol. The molecule has 3 rings (SSSR count). The zero-order valence-electron chi connectivity index (χ0n) is 13.8. The number of hydrogen-bond donors (Lipinski definition) is 1. The lowest BCUT2D eigenvalue weighted by atomic mass is 9.88. The molecule has 1 N–H and O–H groups in total. The Labute approximate surface area is 137 Å². The summed E-state index contributed by atoms with van der Waals surface area (Å²) in [6.07, 6.45) is 2.09. The Morgan fingerprint density at radius 2 is 1.26 bits per heavy atom. The van der Waals surface area contributed by atoms with Crippen LogP contribution >= 0.6 is 0 Å². The molecule has 0 unspecified atom stereocenters. The molecule has 2 aromatic carbocycles. The zero-order valence-corrected chi connectivity index (χ0v) is 13.8. The van der Waals surface area contributed by atoms with Crippen LogP contribution in [0.1, 0.15) is 24.0 Å². The molecule has 1 fully saturated rings. The average Bonchev–Trinajstić information content (AvgIpc) is 2.64. The number of rotatable bonds is 4. The lowest BCUT2D eigenvalue weighted by Crippen LogP contribution is -2.24. The quantitative estimate of drug-likeness (QED) is 0.929. The lowest BCUT2D eigenvalue weighted by Gasteiger charge is -2.23. The van der Waals surface area contributed by atoms with Gasteiger partial charge in [-0.2, -0.15) is 0 Å². The van der Waals surface area contributed by atoms with Crippen molar-refractivity contribution >= 4 is 5.57 Å². The largest absolute Gasteiger partial charge is 0.496 e. The lowest BCUT2D eigenvalue weighted by molar-refractivity contribution is 0.411. The highest BCUT2D eigenvalue weighted by Gasteiger charge is 2.20. The summed E-state index contributed by atoms with van der Waals surface area (Å²) >= 11 is 0. The molecule has 3 heteroatoms. The highest BCUT2D eigenvalue weighted by Crippen LogP contribution is 2.39. The van der Waals surface area contributed by atoms with Crippen LogP contribution in [0, 0.1) is 0 Å². The van der Waals surface area contributed by atoms with Crippen LogP contribution in [0.5, 0.6) is 11.5 Å². The Morgan fingerprint density at radius 1 is 0.783 bits per heavy atom. The Kier molecular flexibility index (Phi) is 4.99. The van der Waals surface area contributed by atoms with E-state index >= 15 is 0 Å². The van der Waals surface area contributed by atoms with Crippen LogP contribution in [0.3, 0.4) is 0 Å². The van der Waals surface area contributed by atoms with E-state index in [1.165, 1.54) is 11.1 Å². The standard InChI is InChI=1S/C20H23NO2/c1-22-18-9-5-3-7-16(18)20(15-11-13-21-14-12-15)17-8-4-6-10-19(17)23-2/h3-10,21H,11-14H2,1-2H3. The van der Waals surface area contributed by atoms with Crippen molar-refractivity contribution in [2.24, 2.45) is 0 Å². The first-order valence-electron chi connectivity index (χ1n) is 8.04. The number of para-hydroxylation sites is 2. The Hall–Kier alpha value is -2.26. The molecule has 1 saturated heterocycles. The molecule has 0 spiro atoms. The SMILES string of the molecule is COc1ccccc1C(=C1CCNCC1)c1ccccc1OC. The van der Waals surface area contributed by atoms with Crippen LogP contribution < -0.4 is 14.8 Å². The topological polar surface area (TPSA) is 30.5 Å². The van der Waals surface area contributed by atoms with E-state index in [9.17, 15) is 0 Å². The number of ether oxygens (including phenoxy) is 2. The number of benzene rings is 2. The third-order valence-electron chi connectivity index (χ3n) is 4.31. The second-order valence-electron chi connectivity index (χ2n) is 5.63. The first kappa shape index (κ1) is 15.6. The van der Waals surface area contributed by atoms with Gasteiger partial charge < -0.3 is 14.8 Å². The van der Waals surface area contributed by atoms with Crippen molar-refractivity contribution < 1.29 is 9.47 Å². The van der Waals surface area contributed by atoms with Crippen LogP contribution in [0.15, 0.2) is 54.1 Å². The van der Waals surface area contributed by atoms with Gasteiger partial charge in [0, 0.05) is 11.1 Å². The maximum absolute atomic E-state index is 5.62. The van der Waals surface area contributed by atoms with E-state index in [1.807, 2.05) is 24.3 Å². The number of hydrogen-bond acceptors (Lipinski definition) is 3. The van der Waals surface area contributed by atoms with Gasteiger partial charge >= 0.3 is 0 Å². The van der Waals surface area contributed by atoms with Crippen LogP contribution in [-0.2, 0) is 0 Å². The Bertz CT molecular complexity index is 649. The normalized spacial score (nSPS) is 14.4. The molecule has 0 radical (unpaired) electrons. The van der Waals surface area contributed by atoms with E-state index in [2.05, 4.69) is 29.6 Å². The van der Waals surface area contributed by atoms with Crippen molar-refractivity contribution in [2.75, 3.05) is 27.3 Å². The third-order valence-corrected chi connectivity index (χ3v) is 4.31. The van der Waals surface area contributed by atoms with E-state index in [0.29, 0.717) is 0 Å². The van der Waals surface area contributed by atoms with Gasteiger partial charge in [-0.25, -0.2) is 0 Å². The molecule has 0 amide bonds. The molecule has 1 aliphatic rings. The van der Waals surface area contributed by atoms with E-state index in [4.69, 9.17) is 9.47 Å². The highest BCUT2D eigenvalue weighted by atomic mass is 16.5. The van der Waals surface area contributed by atoms with Crippen LogP contribution in [-0.4, -0.2) is 27.3 Å². The zero-order chi connectivity index (χ0) is 16.1. The summed E-state index contributed by atoms with van der Waals surface area (Å²) in [7, 11) is 3.46. The molecule has 0 aromatic heterocycles. The molecule has 120 valence electrons. The predicted molar refractivity (Wildman–Crippen MR) is 94.1 cm³/mol. The highest BCUT2D eigenvalue weighted by molar-refractivity contribution is 5.87. The van der Waals surface area contributed by atoms with Gasteiger partial charge in [-0.15, -0.1) is 0 Å². The first-order valence-corrected chi connectivity index (χ1v) is 8.04. The van der Waals surface area contributed by atoms with E-state index in [0.717, 1.165) is 48.6 Å². The van der Waals surface area contributed by atoms with Crippen LogP contribution in [0.2, 0.25) is 0 Å². The van der Waals surface area contributed by atoms with Gasteiger partial charge in [0.15, 0.2) is 0 Å². The number of nitrogens with one attached hydrogen (secondary N) is 1. The van der Waals surface area contributed by atoms with Crippen molar-refractivity contribution in [1.82, 2.24) is 5.32 Å². The summed E-state index contributed by atoms with van der Waals surface area (Å²) in [6, 6.07) is 16.5. The summed E-state index contributed by atoms with van der Waals surface area (Å²) in [4.78, 5) is 0. The van der Waals surface area contributed by atoms with E-state index in [1.54, 1.807) is 14.2 Å². The molecule has 3 nitrogen and oxygen atoms in total. The van der Waals surface area contributed by atoms with Gasteiger partial charge in [-0.1, -0.05) is 42.0 Å². The predicted octanol–water partition coefficient (Wildman–Crippen LogP) is 3.89.